The van der Waals surface area contributed by atoms with Crippen molar-refractivity contribution in [1.82, 2.24) is 24.1 Å². The standard InChI is InChI=1S/C20H20N6O/c1-24-17(5-7-23-24)14-3-2-4-15(11-14)18-12-22-20-19(21-8-10-26(18)20)25-9-6-16(27)13-25/h2-5,7-8,10-12,16,27H,6,9,13H2,1H3. The van der Waals surface area contributed by atoms with E-state index in [1.807, 2.05) is 30.2 Å². The van der Waals surface area contributed by atoms with Gasteiger partial charge in [-0.15, -0.1) is 0 Å². The summed E-state index contributed by atoms with van der Waals surface area (Å²) in [5.74, 6) is 0.822. The molecule has 0 amide bonds. The fraction of sp³-hybridized carbons (Fsp3) is 0.250. The Balaban J connectivity index is 1.59. The van der Waals surface area contributed by atoms with Gasteiger partial charge in [0, 0.05) is 49.9 Å². The monoisotopic (exact) mass is 360 g/mol. The van der Waals surface area contributed by atoms with E-state index in [2.05, 4.69) is 48.6 Å². The van der Waals surface area contributed by atoms with Gasteiger partial charge in [0.15, 0.2) is 11.5 Å². The van der Waals surface area contributed by atoms with Crippen LogP contribution in [0.2, 0.25) is 0 Å². The van der Waals surface area contributed by atoms with Crippen molar-refractivity contribution in [3.05, 3.63) is 55.1 Å². The van der Waals surface area contributed by atoms with Crippen LogP contribution in [0.25, 0.3) is 28.2 Å². The number of aliphatic hydroxyl groups is 1. The third-order valence-electron chi connectivity index (χ3n) is 5.15. The molecule has 1 N–H and O–H groups in total. The largest absolute Gasteiger partial charge is 0.391 e. The van der Waals surface area contributed by atoms with Crippen molar-refractivity contribution in [2.45, 2.75) is 12.5 Å². The van der Waals surface area contributed by atoms with Gasteiger partial charge in [-0.25, -0.2) is 9.97 Å². The fourth-order valence-electron chi connectivity index (χ4n) is 3.77. The van der Waals surface area contributed by atoms with Gasteiger partial charge in [0.1, 0.15) is 0 Å². The van der Waals surface area contributed by atoms with E-state index in [9.17, 15) is 5.11 Å². The smallest absolute Gasteiger partial charge is 0.180 e. The average Bonchev–Trinajstić information content (AvgIpc) is 3.41. The summed E-state index contributed by atoms with van der Waals surface area (Å²) in [7, 11) is 1.94. The minimum atomic E-state index is -0.294. The van der Waals surface area contributed by atoms with Crippen molar-refractivity contribution in [2.75, 3.05) is 18.0 Å². The van der Waals surface area contributed by atoms with Gasteiger partial charge in [0.05, 0.1) is 23.7 Å². The Kier molecular flexibility index (Phi) is 3.68. The number of hydrogen-bond donors (Lipinski definition) is 1. The van der Waals surface area contributed by atoms with Crippen LogP contribution in [0.1, 0.15) is 6.42 Å². The van der Waals surface area contributed by atoms with Gasteiger partial charge in [0.25, 0.3) is 0 Å². The number of aromatic nitrogens is 5. The van der Waals surface area contributed by atoms with Crippen LogP contribution < -0.4 is 4.90 Å². The quantitative estimate of drug-likeness (QED) is 0.607. The van der Waals surface area contributed by atoms with Gasteiger partial charge < -0.3 is 10.0 Å². The molecule has 136 valence electrons. The zero-order valence-corrected chi connectivity index (χ0v) is 15.0. The molecular weight excluding hydrogens is 340 g/mol. The number of nitrogens with zero attached hydrogens (tertiary/aromatic N) is 6. The second-order valence-corrected chi connectivity index (χ2v) is 6.90. The molecule has 5 rings (SSSR count). The Labute approximate surface area is 156 Å². The lowest BCUT2D eigenvalue weighted by Gasteiger charge is -2.17. The first-order chi connectivity index (χ1) is 13.2. The summed E-state index contributed by atoms with van der Waals surface area (Å²) in [6, 6.07) is 10.4. The molecule has 0 bridgehead atoms. The second kappa shape index (κ2) is 6.21. The van der Waals surface area contributed by atoms with Crippen LogP contribution in [0.15, 0.2) is 55.1 Å². The Morgan fingerprint density at radius 3 is 2.67 bits per heavy atom. The molecule has 1 aromatic carbocycles. The summed E-state index contributed by atoms with van der Waals surface area (Å²) in [5, 5.41) is 14.1. The number of aliphatic hydroxyl groups excluding tert-OH is 1. The minimum Gasteiger partial charge on any atom is -0.391 e. The van der Waals surface area contributed by atoms with E-state index in [4.69, 9.17) is 0 Å². The zero-order valence-electron chi connectivity index (χ0n) is 15.0. The summed E-state index contributed by atoms with van der Waals surface area (Å²) in [4.78, 5) is 11.3. The van der Waals surface area contributed by atoms with Crippen molar-refractivity contribution in [3.63, 3.8) is 0 Å². The number of imidazole rings is 1. The zero-order chi connectivity index (χ0) is 18.4. The summed E-state index contributed by atoms with van der Waals surface area (Å²) in [6.07, 6.45) is 7.89. The van der Waals surface area contributed by atoms with Gasteiger partial charge in [-0.2, -0.15) is 5.10 Å². The first kappa shape index (κ1) is 16.0. The van der Waals surface area contributed by atoms with Crippen molar-refractivity contribution in [2.24, 2.45) is 7.05 Å². The molecule has 1 fully saturated rings. The van der Waals surface area contributed by atoms with E-state index in [1.165, 1.54) is 0 Å². The van der Waals surface area contributed by atoms with Gasteiger partial charge in [-0.05, 0) is 18.6 Å². The first-order valence-electron chi connectivity index (χ1n) is 9.04. The minimum absolute atomic E-state index is 0.294. The summed E-state index contributed by atoms with van der Waals surface area (Å²) in [6.45, 7) is 1.40. The maximum Gasteiger partial charge on any atom is 0.180 e. The molecule has 0 spiro atoms. The summed E-state index contributed by atoms with van der Waals surface area (Å²) >= 11 is 0. The number of benzene rings is 1. The molecule has 4 aromatic rings. The van der Waals surface area contributed by atoms with Crippen molar-refractivity contribution in [1.29, 1.82) is 0 Å². The molecule has 1 saturated heterocycles. The molecule has 0 radical (unpaired) electrons. The maximum absolute atomic E-state index is 9.86. The summed E-state index contributed by atoms with van der Waals surface area (Å²) < 4.78 is 3.93. The van der Waals surface area contributed by atoms with E-state index in [1.54, 1.807) is 12.4 Å². The predicted molar refractivity (Wildman–Crippen MR) is 103 cm³/mol. The van der Waals surface area contributed by atoms with E-state index in [0.29, 0.717) is 6.54 Å². The fourth-order valence-corrected chi connectivity index (χ4v) is 3.77. The normalized spacial score (nSPS) is 17.1. The second-order valence-electron chi connectivity index (χ2n) is 6.90. The topological polar surface area (TPSA) is 71.5 Å². The Morgan fingerprint density at radius 1 is 1.07 bits per heavy atom. The van der Waals surface area contributed by atoms with Crippen LogP contribution in [0, 0.1) is 0 Å². The van der Waals surface area contributed by atoms with Crippen LogP contribution in [-0.2, 0) is 7.05 Å². The third-order valence-corrected chi connectivity index (χ3v) is 5.15. The molecule has 1 unspecified atom stereocenters. The Hall–Kier alpha value is -3.19. The highest BCUT2D eigenvalue weighted by molar-refractivity contribution is 5.74. The van der Waals surface area contributed by atoms with Crippen LogP contribution in [0.3, 0.4) is 0 Å². The molecule has 1 aliphatic heterocycles. The maximum atomic E-state index is 9.86. The molecule has 1 aliphatic rings. The van der Waals surface area contributed by atoms with Crippen LogP contribution >= 0.6 is 0 Å². The molecule has 7 heteroatoms. The molecular formula is C20H20N6O. The number of hydrogen-bond acceptors (Lipinski definition) is 5. The Morgan fingerprint density at radius 2 is 1.93 bits per heavy atom. The molecule has 0 aliphatic carbocycles. The molecule has 7 nitrogen and oxygen atoms in total. The highest BCUT2D eigenvalue weighted by Gasteiger charge is 2.24. The predicted octanol–water partition coefficient (Wildman–Crippen LogP) is 2.37. The van der Waals surface area contributed by atoms with Gasteiger partial charge in [-0.1, -0.05) is 18.2 Å². The lowest BCUT2D eigenvalue weighted by Crippen LogP contribution is -2.23. The molecule has 1 atom stereocenters. The number of rotatable bonds is 3. The average molecular weight is 360 g/mol. The lowest BCUT2D eigenvalue weighted by atomic mass is 10.1. The highest BCUT2D eigenvalue weighted by atomic mass is 16.3. The summed E-state index contributed by atoms with van der Waals surface area (Å²) in [5.41, 5.74) is 5.09. The van der Waals surface area contributed by atoms with Crippen LogP contribution in [0.5, 0.6) is 0 Å². The van der Waals surface area contributed by atoms with Crippen molar-refractivity contribution < 1.29 is 5.11 Å². The highest BCUT2D eigenvalue weighted by Crippen LogP contribution is 2.29. The third kappa shape index (κ3) is 2.67. The van der Waals surface area contributed by atoms with Gasteiger partial charge in [0.2, 0.25) is 0 Å². The van der Waals surface area contributed by atoms with Crippen molar-refractivity contribution in [3.8, 4) is 22.5 Å². The Bertz CT molecular complexity index is 1110. The number of anilines is 1. The van der Waals surface area contributed by atoms with Crippen LogP contribution in [-0.4, -0.2) is 48.4 Å². The first-order valence-corrected chi connectivity index (χ1v) is 9.04. The van der Waals surface area contributed by atoms with E-state index >= 15 is 0 Å². The molecule has 3 aromatic heterocycles. The molecule has 0 saturated carbocycles. The SMILES string of the molecule is Cn1nccc1-c1cccc(-c2cnc3c(N4CCC(O)C4)nccn23)c1. The number of β-amino-alcohol motifs (C(OH)–C–C–N with tert-alkyl or cyclic N) is 1. The molecule has 27 heavy (non-hydrogen) atoms. The van der Waals surface area contributed by atoms with E-state index < -0.39 is 0 Å². The number of fused-ring (bicyclic) bond motifs is 1. The van der Waals surface area contributed by atoms with E-state index in [-0.39, 0.29) is 6.10 Å². The van der Waals surface area contributed by atoms with E-state index in [0.717, 1.165) is 46.9 Å². The van der Waals surface area contributed by atoms with Crippen LogP contribution in [0.4, 0.5) is 5.82 Å². The molecule has 4 heterocycles. The lowest BCUT2D eigenvalue weighted by molar-refractivity contribution is 0.198. The van der Waals surface area contributed by atoms with Crippen molar-refractivity contribution >= 4 is 11.5 Å². The number of aryl methyl sites for hydroxylation is 1. The van der Waals surface area contributed by atoms with Gasteiger partial charge >= 0.3 is 0 Å². The van der Waals surface area contributed by atoms with Gasteiger partial charge in [-0.3, -0.25) is 9.08 Å².